The van der Waals surface area contributed by atoms with Crippen LogP contribution in [-0.4, -0.2) is 28.6 Å². The van der Waals surface area contributed by atoms with Crippen molar-refractivity contribution in [2.75, 3.05) is 11.9 Å². The van der Waals surface area contributed by atoms with E-state index in [1.807, 2.05) is 24.3 Å². The number of aromatic nitrogens is 1. The van der Waals surface area contributed by atoms with E-state index < -0.39 is 6.30 Å². The number of nitrogens with one attached hydrogen (secondary N) is 1. The van der Waals surface area contributed by atoms with Crippen LogP contribution in [0.15, 0.2) is 24.3 Å². The van der Waals surface area contributed by atoms with Crippen LogP contribution in [0.5, 0.6) is 0 Å². The Kier molecular flexibility index (Phi) is 4.25. The van der Waals surface area contributed by atoms with Crippen LogP contribution in [0.1, 0.15) is 17.4 Å². The first-order valence-electron chi connectivity index (χ1n) is 7.93. The molecule has 4 nitrogen and oxygen atoms in total. The van der Waals surface area contributed by atoms with E-state index in [-0.39, 0.29) is 25.4 Å². The van der Waals surface area contributed by atoms with Gasteiger partial charge in [0.15, 0.2) is 0 Å². The van der Waals surface area contributed by atoms with Crippen LogP contribution in [0.2, 0.25) is 0 Å². The van der Waals surface area contributed by atoms with Crippen molar-refractivity contribution in [1.29, 1.82) is 0 Å². The van der Waals surface area contributed by atoms with Crippen molar-refractivity contribution in [1.82, 2.24) is 9.88 Å². The third kappa shape index (κ3) is 3.10. The number of carbonyl (C=O) groups excluding carboxylic acids is 1. The van der Waals surface area contributed by atoms with E-state index in [1.165, 1.54) is 29.6 Å². The molecule has 1 aliphatic heterocycles. The molecule has 9 heteroatoms. The van der Waals surface area contributed by atoms with Crippen LogP contribution in [0, 0.1) is 0 Å². The number of rotatable bonds is 2. The summed E-state index contributed by atoms with van der Waals surface area (Å²) in [5.74, 6) is -0.251. The minimum Gasteiger partial charge on any atom is -0.317 e. The molecule has 4 rings (SSSR count). The minimum atomic E-state index is -4.36. The number of amides is 1. The molecule has 26 heavy (non-hydrogen) atoms. The topological polar surface area (TPSA) is 45.2 Å². The van der Waals surface area contributed by atoms with Gasteiger partial charge in [-0.2, -0.15) is 13.2 Å². The Bertz CT molecular complexity index is 960. The lowest BCUT2D eigenvalue weighted by Gasteiger charge is -2.28. The number of alkyl halides is 3. The Morgan fingerprint density at radius 3 is 2.73 bits per heavy atom. The Balaban J connectivity index is 1.83. The largest absolute Gasteiger partial charge is 0.460 e. The van der Waals surface area contributed by atoms with Crippen LogP contribution in [0.4, 0.5) is 18.2 Å². The molecule has 0 bridgehead atoms. The van der Waals surface area contributed by atoms with E-state index in [1.54, 1.807) is 0 Å². The van der Waals surface area contributed by atoms with E-state index in [2.05, 4.69) is 10.3 Å². The number of nitrogens with zero attached hydrogens (tertiary/aromatic N) is 2. The van der Waals surface area contributed by atoms with Crippen molar-refractivity contribution in [3.63, 3.8) is 0 Å². The molecule has 1 aliphatic rings. The zero-order valence-electron chi connectivity index (χ0n) is 13.7. The number of thiophene rings is 1. The number of para-hydroxylation sites is 1. The lowest BCUT2D eigenvalue weighted by molar-refractivity contribution is -0.250. The van der Waals surface area contributed by atoms with Gasteiger partial charge in [-0.15, -0.1) is 22.7 Å². The number of anilines is 1. The standard InChI is InChI=1S/C17H14F3N3OS2/c1-9(24)21-15-14(16-22-11-4-2-3-5-12(11)25-16)10-6-7-23(17(18,19)20)8-13(10)26-15/h2-5H,6-8H2,1H3,(H,21,24). The van der Waals surface area contributed by atoms with Crippen LogP contribution in [-0.2, 0) is 17.8 Å². The average molecular weight is 397 g/mol. The maximum atomic E-state index is 13.1. The summed E-state index contributed by atoms with van der Waals surface area (Å²) in [5.41, 5.74) is 2.47. The van der Waals surface area contributed by atoms with E-state index in [0.717, 1.165) is 26.4 Å². The highest BCUT2D eigenvalue weighted by Crippen LogP contribution is 2.46. The van der Waals surface area contributed by atoms with Crippen molar-refractivity contribution in [2.45, 2.75) is 26.2 Å². The fraction of sp³-hybridized carbons (Fsp3) is 0.294. The Morgan fingerprint density at radius 2 is 2.04 bits per heavy atom. The molecule has 3 aromatic rings. The van der Waals surface area contributed by atoms with Gasteiger partial charge in [0, 0.05) is 30.5 Å². The predicted octanol–water partition coefficient (Wildman–Crippen LogP) is 4.86. The Morgan fingerprint density at radius 1 is 1.27 bits per heavy atom. The number of benzene rings is 1. The molecule has 0 aliphatic carbocycles. The smallest absolute Gasteiger partial charge is 0.317 e. The summed E-state index contributed by atoms with van der Waals surface area (Å²) in [4.78, 5) is 17.4. The molecule has 136 valence electrons. The molecule has 2 aromatic heterocycles. The van der Waals surface area contributed by atoms with Gasteiger partial charge in [0.2, 0.25) is 5.91 Å². The highest BCUT2D eigenvalue weighted by molar-refractivity contribution is 7.22. The molecule has 0 spiro atoms. The molecule has 0 unspecified atom stereocenters. The first-order valence-corrected chi connectivity index (χ1v) is 9.56. The molecular formula is C17H14F3N3OS2. The quantitative estimate of drug-likeness (QED) is 0.628. The van der Waals surface area contributed by atoms with Gasteiger partial charge in [0.1, 0.15) is 10.0 Å². The van der Waals surface area contributed by atoms with E-state index >= 15 is 0 Å². The molecule has 0 atom stereocenters. The lowest BCUT2D eigenvalue weighted by Crippen LogP contribution is -2.41. The van der Waals surface area contributed by atoms with E-state index in [9.17, 15) is 18.0 Å². The van der Waals surface area contributed by atoms with Gasteiger partial charge < -0.3 is 5.32 Å². The Hall–Kier alpha value is -1.97. The molecule has 0 radical (unpaired) electrons. The zero-order chi connectivity index (χ0) is 18.5. The molecule has 0 fully saturated rings. The summed E-state index contributed by atoms with van der Waals surface area (Å²) in [6, 6.07) is 7.67. The summed E-state index contributed by atoms with van der Waals surface area (Å²) < 4.78 is 40.2. The molecule has 0 saturated heterocycles. The molecule has 1 N–H and O–H groups in total. The fourth-order valence-corrected chi connectivity index (χ4v) is 5.49. The van der Waals surface area contributed by atoms with Gasteiger partial charge in [0.05, 0.1) is 10.2 Å². The van der Waals surface area contributed by atoms with Gasteiger partial charge in [-0.3, -0.25) is 4.79 Å². The van der Waals surface area contributed by atoms with Crippen LogP contribution < -0.4 is 5.32 Å². The van der Waals surface area contributed by atoms with Crippen molar-refractivity contribution in [2.24, 2.45) is 0 Å². The summed E-state index contributed by atoms with van der Waals surface area (Å²) in [5, 5.41) is 4.08. The summed E-state index contributed by atoms with van der Waals surface area (Å²) in [6.07, 6.45) is -4.08. The second-order valence-electron chi connectivity index (χ2n) is 6.02. The molecule has 1 aromatic carbocycles. The van der Waals surface area contributed by atoms with Crippen molar-refractivity contribution in [3.05, 3.63) is 34.7 Å². The van der Waals surface area contributed by atoms with Gasteiger partial charge in [-0.1, -0.05) is 12.1 Å². The fourth-order valence-electron chi connectivity index (χ4n) is 3.07. The van der Waals surface area contributed by atoms with Gasteiger partial charge in [0.25, 0.3) is 0 Å². The summed E-state index contributed by atoms with van der Waals surface area (Å²) >= 11 is 2.69. The Labute approximate surface area is 155 Å². The SMILES string of the molecule is CC(=O)Nc1sc2c(c1-c1nc3ccccc3s1)CCN(C(F)(F)F)C2. The second kappa shape index (κ2) is 6.33. The molecular weight excluding hydrogens is 383 g/mol. The maximum Gasteiger partial charge on any atom is 0.460 e. The second-order valence-corrected chi connectivity index (χ2v) is 8.15. The third-order valence-electron chi connectivity index (χ3n) is 4.21. The number of hydrogen-bond donors (Lipinski definition) is 1. The third-order valence-corrected chi connectivity index (χ3v) is 6.40. The molecule has 0 saturated carbocycles. The first-order chi connectivity index (χ1) is 12.3. The molecule has 1 amide bonds. The normalized spacial score (nSPS) is 15.2. The average Bonchev–Trinajstić information content (AvgIpc) is 3.12. The van der Waals surface area contributed by atoms with Crippen LogP contribution >= 0.6 is 22.7 Å². The van der Waals surface area contributed by atoms with Gasteiger partial charge in [-0.25, -0.2) is 9.88 Å². The van der Waals surface area contributed by atoms with Crippen molar-refractivity contribution in [3.8, 4) is 10.6 Å². The highest BCUT2D eigenvalue weighted by Gasteiger charge is 2.40. The van der Waals surface area contributed by atoms with Crippen LogP contribution in [0.25, 0.3) is 20.8 Å². The van der Waals surface area contributed by atoms with Gasteiger partial charge >= 0.3 is 6.30 Å². The predicted molar refractivity (Wildman–Crippen MR) is 97.4 cm³/mol. The summed E-state index contributed by atoms with van der Waals surface area (Å²) in [6.45, 7) is 1.11. The number of halogens is 3. The van der Waals surface area contributed by atoms with Crippen molar-refractivity contribution < 1.29 is 18.0 Å². The van der Waals surface area contributed by atoms with Gasteiger partial charge in [-0.05, 0) is 24.1 Å². The van der Waals surface area contributed by atoms with E-state index in [4.69, 9.17) is 0 Å². The summed E-state index contributed by atoms with van der Waals surface area (Å²) in [7, 11) is 0. The molecule has 3 heterocycles. The zero-order valence-corrected chi connectivity index (χ0v) is 15.3. The number of hydrogen-bond acceptors (Lipinski definition) is 5. The minimum absolute atomic E-state index is 0.0926. The van der Waals surface area contributed by atoms with Crippen molar-refractivity contribution >= 4 is 43.8 Å². The number of thiazole rings is 1. The number of carbonyl (C=O) groups is 1. The highest BCUT2D eigenvalue weighted by atomic mass is 32.1. The van der Waals surface area contributed by atoms with E-state index in [0.29, 0.717) is 14.8 Å². The lowest BCUT2D eigenvalue weighted by atomic mass is 10.0. The number of fused-ring (bicyclic) bond motifs is 2. The maximum absolute atomic E-state index is 13.1. The monoisotopic (exact) mass is 397 g/mol. The van der Waals surface area contributed by atoms with Crippen LogP contribution in [0.3, 0.4) is 0 Å². The first kappa shape index (κ1) is 17.4.